The van der Waals surface area contributed by atoms with E-state index in [9.17, 15) is 4.79 Å². The van der Waals surface area contributed by atoms with Gasteiger partial charge >= 0.3 is 5.97 Å². The molecule has 18 heavy (non-hydrogen) atoms. The second kappa shape index (κ2) is 5.41. The van der Waals surface area contributed by atoms with Crippen LogP contribution in [0.1, 0.15) is 55.6 Å². The lowest BCUT2D eigenvalue weighted by Gasteiger charge is -2.33. The molecule has 0 fully saturated rings. The first kappa shape index (κ1) is 15.2. The molecule has 0 aromatic carbocycles. The monoisotopic (exact) mass is 269 g/mol. The molecule has 0 amide bonds. The number of nitrogens with one attached hydrogen (secondary N) is 1. The summed E-state index contributed by atoms with van der Waals surface area (Å²) in [6.07, 6.45) is 1.07. The maximum Gasteiger partial charge on any atom is 0.345 e. The Hall–Kier alpha value is -0.870. The van der Waals surface area contributed by atoms with E-state index in [4.69, 9.17) is 5.11 Å². The van der Waals surface area contributed by atoms with Crippen LogP contribution in [0, 0.1) is 5.41 Å². The molecule has 0 spiro atoms. The first-order chi connectivity index (χ1) is 8.09. The lowest BCUT2D eigenvalue weighted by molar-refractivity contribution is 0.0702. The van der Waals surface area contributed by atoms with Crippen molar-refractivity contribution in [3.63, 3.8) is 0 Å². The lowest BCUT2D eigenvalue weighted by Crippen LogP contribution is -2.41. The third-order valence-electron chi connectivity index (χ3n) is 2.59. The predicted octanol–water partition coefficient (Wildman–Crippen LogP) is 3.75. The van der Waals surface area contributed by atoms with Gasteiger partial charge in [-0.15, -0.1) is 11.3 Å². The van der Waals surface area contributed by atoms with Crippen LogP contribution >= 0.6 is 11.3 Å². The summed E-state index contributed by atoms with van der Waals surface area (Å²) in [5.41, 5.74) is 0.323. The summed E-state index contributed by atoms with van der Waals surface area (Å²) in [6, 6.07) is 3.55. The molecule has 1 aromatic heterocycles. The minimum atomic E-state index is -0.847. The largest absolute Gasteiger partial charge is 0.477 e. The van der Waals surface area contributed by atoms with E-state index < -0.39 is 5.97 Å². The molecule has 0 radical (unpaired) electrons. The molecule has 102 valence electrons. The van der Waals surface area contributed by atoms with E-state index in [0.29, 0.717) is 4.88 Å². The van der Waals surface area contributed by atoms with Crippen molar-refractivity contribution in [2.75, 3.05) is 0 Å². The van der Waals surface area contributed by atoms with Crippen LogP contribution in [0.4, 0.5) is 0 Å². The SMILES string of the molecule is CC(C)(C)CC(C)(C)NCc1ccc(C(=O)O)s1. The molecule has 0 aliphatic rings. The molecule has 0 saturated heterocycles. The predicted molar refractivity (Wildman–Crippen MR) is 76.3 cm³/mol. The highest BCUT2D eigenvalue weighted by molar-refractivity contribution is 7.13. The van der Waals surface area contributed by atoms with Crippen molar-refractivity contribution < 1.29 is 9.90 Å². The van der Waals surface area contributed by atoms with Crippen molar-refractivity contribution >= 4 is 17.3 Å². The fourth-order valence-corrected chi connectivity index (χ4v) is 3.09. The minimum absolute atomic E-state index is 0.0472. The number of hydrogen-bond donors (Lipinski definition) is 2. The summed E-state index contributed by atoms with van der Waals surface area (Å²) in [6.45, 7) is 11.8. The first-order valence-electron chi connectivity index (χ1n) is 6.16. The molecule has 1 rings (SSSR count). The number of carboxylic acid groups (broad SMARTS) is 1. The van der Waals surface area contributed by atoms with Crippen LogP contribution in [-0.2, 0) is 6.54 Å². The Morgan fingerprint density at radius 3 is 2.33 bits per heavy atom. The average Bonchev–Trinajstić information content (AvgIpc) is 2.59. The third-order valence-corrected chi connectivity index (χ3v) is 3.66. The molecule has 1 heterocycles. The Morgan fingerprint density at radius 2 is 1.89 bits per heavy atom. The third kappa shape index (κ3) is 5.19. The van der Waals surface area contributed by atoms with E-state index in [-0.39, 0.29) is 11.0 Å². The van der Waals surface area contributed by atoms with Crippen molar-refractivity contribution in [2.24, 2.45) is 5.41 Å². The van der Waals surface area contributed by atoms with Gasteiger partial charge in [0.25, 0.3) is 0 Å². The Bertz CT molecular complexity index is 416. The zero-order chi connectivity index (χ0) is 14.0. The Morgan fingerprint density at radius 1 is 1.28 bits per heavy atom. The van der Waals surface area contributed by atoms with Crippen molar-refractivity contribution in [1.29, 1.82) is 0 Å². The van der Waals surface area contributed by atoms with Crippen LogP contribution in [-0.4, -0.2) is 16.6 Å². The lowest BCUT2D eigenvalue weighted by atomic mass is 9.82. The highest BCUT2D eigenvalue weighted by atomic mass is 32.1. The van der Waals surface area contributed by atoms with Gasteiger partial charge in [-0.2, -0.15) is 0 Å². The normalized spacial score (nSPS) is 12.7. The second-order valence-electron chi connectivity index (χ2n) is 6.55. The van der Waals surface area contributed by atoms with Crippen molar-refractivity contribution in [3.8, 4) is 0 Å². The van der Waals surface area contributed by atoms with Crippen molar-refractivity contribution in [3.05, 3.63) is 21.9 Å². The first-order valence-corrected chi connectivity index (χ1v) is 6.98. The molecule has 0 atom stereocenters. The van der Waals surface area contributed by atoms with Gasteiger partial charge in [0.1, 0.15) is 4.88 Å². The van der Waals surface area contributed by atoms with E-state index in [2.05, 4.69) is 39.9 Å². The highest BCUT2D eigenvalue weighted by Gasteiger charge is 2.24. The van der Waals surface area contributed by atoms with E-state index in [1.165, 1.54) is 11.3 Å². The minimum Gasteiger partial charge on any atom is -0.477 e. The van der Waals surface area contributed by atoms with Crippen LogP contribution in [0.3, 0.4) is 0 Å². The van der Waals surface area contributed by atoms with Gasteiger partial charge in [-0.1, -0.05) is 20.8 Å². The zero-order valence-electron chi connectivity index (χ0n) is 11.8. The van der Waals surface area contributed by atoms with Crippen LogP contribution in [0.15, 0.2) is 12.1 Å². The number of hydrogen-bond acceptors (Lipinski definition) is 3. The maximum absolute atomic E-state index is 10.8. The van der Waals surface area contributed by atoms with Crippen LogP contribution in [0.25, 0.3) is 0 Å². The Balaban J connectivity index is 2.56. The topological polar surface area (TPSA) is 49.3 Å². The quantitative estimate of drug-likeness (QED) is 0.856. The van der Waals surface area contributed by atoms with Gasteiger partial charge in [0.15, 0.2) is 0 Å². The summed E-state index contributed by atoms with van der Waals surface area (Å²) in [5.74, 6) is -0.847. The highest BCUT2D eigenvalue weighted by Crippen LogP contribution is 2.27. The van der Waals surface area contributed by atoms with Gasteiger partial charge in [0, 0.05) is 17.0 Å². The van der Waals surface area contributed by atoms with Gasteiger partial charge in [0.2, 0.25) is 0 Å². The van der Waals surface area contributed by atoms with E-state index in [0.717, 1.165) is 17.8 Å². The van der Waals surface area contributed by atoms with Gasteiger partial charge in [0.05, 0.1) is 0 Å². The molecule has 0 aliphatic heterocycles. The Kier molecular flexibility index (Phi) is 4.56. The number of thiophene rings is 1. The number of aromatic carboxylic acids is 1. The Labute approximate surface area is 113 Å². The summed E-state index contributed by atoms with van der Waals surface area (Å²) in [4.78, 5) is 12.3. The molecular weight excluding hydrogens is 246 g/mol. The van der Waals surface area contributed by atoms with Crippen LogP contribution in [0.5, 0.6) is 0 Å². The maximum atomic E-state index is 10.8. The molecule has 0 unspecified atom stereocenters. The summed E-state index contributed by atoms with van der Waals surface area (Å²) >= 11 is 1.34. The van der Waals surface area contributed by atoms with Crippen LogP contribution < -0.4 is 5.32 Å². The molecule has 1 aromatic rings. The number of carboxylic acids is 1. The standard InChI is InChI=1S/C14H23NO2S/c1-13(2,3)9-14(4,5)15-8-10-6-7-11(18-10)12(16)17/h6-7,15H,8-9H2,1-5H3,(H,16,17). The zero-order valence-corrected chi connectivity index (χ0v) is 12.6. The molecule has 0 aliphatic carbocycles. The van der Waals surface area contributed by atoms with Crippen molar-refractivity contribution in [2.45, 2.75) is 53.1 Å². The van der Waals surface area contributed by atoms with Gasteiger partial charge in [-0.25, -0.2) is 4.79 Å². The van der Waals surface area contributed by atoms with Gasteiger partial charge in [-0.05, 0) is 37.8 Å². The molecule has 0 bridgehead atoms. The van der Waals surface area contributed by atoms with Gasteiger partial charge in [-0.3, -0.25) is 0 Å². The van der Waals surface area contributed by atoms with Crippen LogP contribution in [0.2, 0.25) is 0 Å². The fourth-order valence-electron chi connectivity index (χ4n) is 2.30. The molecule has 2 N–H and O–H groups in total. The summed E-state index contributed by atoms with van der Waals surface area (Å²) in [7, 11) is 0. The average molecular weight is 269 g/mol. The summed E-state index contributed by atoms with van der Waals surface area (Å²) < 4.78 is 0. The molecular formula is C14H23NO2S. The molecule has 4 heteroatoms. The second-order valence-corrected chi connectivity index (χ2v) is 7.71. The van der Waals surface area contributed by atoms with Crippen molar-refractivity contribution in [1.82, 2.24) is 5.32 Å². The fraction of sp³-hybridized carbons (Fsp3) is 0.643. The van der Waals surface area contributed by atoms with E-state index >= 15 is 0 Å². The van der Waals surface area contributed by atoms with E-state index in [1.54, 1.807) is 6.07 Å². The molecule has 3 nitrogen and oxygen atoms in total. The van der Waals surface area contributed by atoms with Gasteiger partial charge < -0.3 is 10.4 Å². The number of rotatable bonds is 5. The van der Waals surface area contributed by atoms with E-state index in [1.807, 2.05) is 6.07 Å². The summed E-state index contributed by atoms with van der Waals surface area (Å²) in [5, 5.41) is 12.4. The molecule has 0 saturated carbocycles. The smallest absolute Gasteiger partial charge is 0.345 e. The number of carbonyl (C=O) groups is 1.